The third kappa shape index (κ3) is 6.29. The van der Waals surface area contributed by atoms with E-state index in [1.165, 1.54) is 0 Å². The van der Waals surface area contributed by atoms with Gasteiger partial charge in [0.2, 0.25) is 0 Å². The number of methoxy groups -OCH3 is 1. The standard InChI is InChI=1S/C41H50FN5O5/c1-6-26-10-7-11-27-18-30(51-25-49-5)19-31(35(26)27)37-36(42)38-32(21-43-37)33(50-24-41-14-8-16-46(41)17-9-15-41)20-34(44-38)45-22-28-12-13-29(23-45)47(28)39(48)52-40(2,3)4/h7,10-11,18-21,28-29H,6,8-9,12-17,22-25H2,1-5H3. The summed E-state index contributed by atoms with van der Waals surface area (Å²) in [5.41, 5.74) is 1.60. The molecular weight excluding hydrogens is 661 g/mol. The third-order valence-electron chi connectivity index (χ3n) is 11.5. The van der Waals surface area contributed by atoms with Crippen LogP contribution in [0.3, 0.4) is 0 Å². The monoisotopic (exact) mass is 711 g/mol. The summed E-state index contributed by atoms with van der Waals surface area (Å²) < 4.78 is 41.0. The zero-order valence-electron chi connectivity index (χ0n) is 31.0. The van der Waals surface area contributed by atoms with Crippen LogP contribution >= 0.6 is 0 Å². The van der Waals surface area contributed by atoms with E-state index in [0.29, 0.717) is 48.0 Å². The molecule has 1 amide bonds. The first-order valence-corrected chi connectivity index (χ1v) is 18.9. The Morgan fingerprint density at radius 3 is 2.48 bits per heavy atom. The Morgan fingerprint density at radius 2 is 1.79 bits per heavy atom. The van der Waals surface area contributed by atoms with Crippen molar-refractivity contribution in [1.29, 1.82) is 0 Å². The van der Waals surface area contributed by atoms with Crippen molar-refractivity contribution in [2.75, 3.05) is 51.6 Å². The highest BCUT2D eigenvalue weighted by atomic mass is 19.1. The Balaban J connectivity index is 1.22. The number of hydrogen-bond acceptors (Lipinski definition) is 9. The van der Waals surface area contributed by atoms with E-state index in [4.69, 9.17) is 28.9 Å². The third-order valence-corrected chi connectivity index (χ3v) is 11.5. The molecule has 4 fully saturated rings. The lowest BCUT2D eigenvalue weighted by molar-refractivity contribution is 0.0122. The summed E-state index contributed by atoms with van der Waals surface area (Å²) in [5, 5.41) is 2.42. The molecule has 8 rings (SSSR count). The Bertz CT molecular complexity index is 1970. The van der Waals surface area contributed by atoms with Crippen LogP contribution in [0.15, 0.2) is 42.6 Å². The minimum absolute atomic E-state index is 0.0118. The van der Waals surface area contributed by atoms with Gasteiger partial charge in [0.15, 0.2) is 12.6 Å². The van der Waals surface area contributed by atoms with E-state index < -0.39 is 11.4 Å². The highest BCUT2D eigenvalue weighted by molar-refractivity contribution is 6.01. The zero-order chi connectivity index (χ0) is 36.2. The van der Waals surface area contributed by atoms with E-state index in [1.807, 2.05) is 56.0 Å². The van der Waals surface area contributed by atoms with Crippen LogP contribution < -0.4 is 14.4 Å². The molecule has 11 heteroatoms. The molecule has 6 heterocycles. The Hall–Kier alpha value is -4.22. The van der Waals surface area contributed by atoms with Crippen LogP contribution in [0.4, 0.5) is 15.0 Å². The van der Waals surface area contributed by atoms with Crippen LogP contribution in [-0.4, -0.2) is 95.8 Å². The van der Waals surface area contributed by atoms with Crippen molar-refractivity contribution in [2.24, 2.45) is 0 Å². The van der Waals surface area contributed by atoms with Gasteiger partial charge in [-0.05, 0) is 107 Å². The summed E-state index contributed by atoms with van der Waals surface area (Å²) in [6.45, 7) is 11.7. The Labute approximate surface area is 305 Å². The smallest absolute Gasteiger partial charge is 0.410 e. The normalized spacial score (nSPS) is 21.3. The van der Waals surface area contributed by atoms with Crippen LogP contribution in [0.2, 0.25) is 0 Å². The van der Waals surface area contributed by atoms with E-state index in [2.05, 4.69) is 22.8 Å². The molecule has 2 bridgehead atoms. The minimum Gasteiger partial charge on any atom is -0.491 e. The molecule has 2 aromatic carbocycles. The number of hydrogen-bond donors (Lipinski definition) is 0. The van der Waals surface area contributed by atoms with Crippen molar-refractivity contribution >= 4 is 33.6 Å². The first kappa shape index (κ1) is 34.8. The van der Waals surface area contributed by atoms with Gasteiger partial charge in [-0.2, -0.15) is 0 Å². The number of fused-ring (bicyclic) bond motifs is 5. The first-order chi connectivity index (χ1) is 25.1. The van der Waals surface area contributed by atoms with Gasteiger partial charge in [0.05, 0.1) is 23.0 Å². The predicted molar refractivity (Wildman–Crippen MR) is 200 cm³/mol. The molecule has 4 aliphatic rings. The number of pyridine rings is 2. The van der Waals surface area contributed by atoms with Crippen molar-refractivity contribution in [2.45, 2.75) is 95.9 Å². The van der Waals surface area contributed by atoms with Crippen molar-refractivity contribution in [3.8, 4) is 22.8 Å². The number of aromatic nitrogens is 2. The van der Waals surface area contributed by atoms with Crippen molar-refractivity contribution < 1.29 is 28.1 Å². The summed E-state index contributed by atoms with van der Waals surface area (Å²) in [4.78, 5) is 29.8. The highest BCUT2D eigenvalue weighted by Gasteiger charge is 2.46. The second-order valence-electron chi connectivity index (χ2n) is 15.9. The number of halogens is 1. The summed E-state index contributed by atoms with van der Waals surface area (Å²) in [5.74, 6) is 1.30. The molecule has 52 heavy (non-hydrogen) atoms. The molecule has 2 aromatic heterocycles. The lowest BCUT2D eigenvalue weighted by Gasteiger charge is -2.42. The van der Waals surface area contributed by atoms with Crippen LogP contribution in [0.25, 0.3) is 32.9 Å². The SMILES string of the molecule is CCc1cccc2cc(OCOC)cc(-c3ncc4c(OCC56CCCN5CCC6)cc(N5CC6CCC(C5)N6C(=O)OC(C)(C)C)nc4c3F)c12. The molecule has 276 valence electrons. The molecule has 10 nitrogen and oxygen atoms in total. The molecule has 4 aliphatic heterocycles. The lowest BCUT2D eigenvalue weighted by Crippen LogP contribution is -2.57. The van der Waals surface area contributed by atoms with E-state index >= 15 is 4.39 Å². The largest absolute Gasteiger partial charge is 0.491 e. The lowest BCUT2D eigenvalue weighted by atomic mass is 9.94. The molecule has 0 N–H and O–H groups in total. The number of amides is 1. The second kappa shape index (κ2) is 13.6. The fourth-order valence-electron chi connectivity index (χ4n) is 9.12. The van der Waals surface area contributed by atoms with Crippen LogP contribution in [-0.2, 0) is 15.9 Å². The van der Waals surface area contributed by atoms with E-state index in [-0.39, 0.29) is 41.7 Å². The fraction of sp³-hybridized carbons (Fsp3) is 0.537. The maximum absolute atomic E-state index is 17.3. The van der Waals surface area contributed by atoms with Crippen LogP contribution in [0, 0.1) is 5.82 Å². The summed E-state index contributed by atoms with van der Waals surface area (Å²) in [7, 11) is 1.57. The van der Waals surface area contributed by atoms with Gasteiger partial charge in [-0.1, -0.05) is 25.1 Å². The predicted octanol–water partition coefficient (Wildman–Crippen LogP) is 7.73. The number of carbonyl (C=O) groups is 1. The molecular formula is C41H50FN5O5. The fourth-order valence-corrected chi connectivity index (χ4v) is 9.12. The van der Waals surface area contributed by atoms with Crippen molar-refractivity contribution in [3.63, 3.8) is 0 Å². The number of aryl methyl sites for hydroxylation is 1. The molecule has 0 radical (unpaired) electrons. The minimum atomic E-state index is -0.574. The quantitative estimate of drug-likeness (QED) is 0.162. The molecule has 0 saturated carbocycles. The highest BCUT2D eigenvalue weighted by Crippen LogP contribution is 2.43. The summed E-state index contributed by atoms with van der Waals surface area (Å²) in [6, 6.07) is 11.8. The summed E-state index contributed by atoms with van der Waals surface area (Å²) in [6.07, 6.45) is 8.50. The first-order valence-electron chi connectivity index (χ1n) is 18.9. The average molecular weight is 712 g/mol. The molecule has 4 aromatic rings. The molecule has 4 saturated heterocycles. The Morgan fingerprint density at radius 1 is 1.04 bits per heavy atom. The van der Waals surface area contributed by atoms with Crippen molar-refractivity contribution in [3.05, 3.63) is 54.0 Å². The van der Waals surface area contributed by atoms with Gasteiger partial charge in [-0.3, -0.25) is 14.8 Å². The van der Waals surface area contributed by atoms with E-state index in [1.54, 1.807) is 13.3 Å². The van der Waals surface area contributed by atoms with Gasteiger partial charge in [0, 0.05) is 38.0 Å². The average Bonchev–Trinajstić information content (AvgIpc) is 3.79. The number of ether oxygens (including phenoxy) is 4. The van der Waals surface area contributed by atoms with Gasteiger partial charge in [0.1, 0.15) is 40.7 Å². The number of piperazine rings is 1. The topological polar surface area (TPSA) is 89.5 Å². The number of anilines is 1. The maximum Gasteiger partial charge on any atom is 0.410 e. The van der Waals surface area contributed by atoms with E-state index in [0.717, 1.165) is 74.4 Å². The van der Waals surface area contributed by atoms with Gasteiger partial charge in [-0.15, -0.1) is 0 Å². The second-order valence-corrected chi connectivity index (χ2v) is 15.9. The van der Waals surface area contributed by atoms with Gasteiger partial charge in [0.25, 0.3) is 0 Å². The van der Waals surface area contributed by atoms with E-state index in [9.17, 15) is 4.79 Å². The van der Waals surface area contributed by atoms with Crippen LogP contribution in [0.1, 0.15) is 71.8 Å². The van der Waals surface area contributed by atoms with Gasteiger partial charge < -0.3 is 23.8 Å². The van der Waals surface area contributed by atoms with Crippen molar-refractivity contribution in [1.82, 2.24) is 19.8 Å². The van der Waals surface area contributed by atoms with Gasteiger partial charge >= 0.3 is 6.09 Å². The van der Waals surface area contributed by atoms with Gasteiger partial charge in [-0.25, -0.2) is 14.2 Å². The maximum atomic E-state index is 17.3. The Kier molecular flexibility index (Phi) is 9.14. The van der Waals surface area contributed by atoms with Crippen LogP contribution in [0.5, 0.6) is 11.5 Å². The number of nitrogens with zero attached hydrogens (tertiary/aromatic N) is 5. The number of benzene rings is 2. The molecule has 0 spiro atoms. The summed E-state index contributed by atoms with van der Waals surface area (Å²) >= 11 is 0. The zero-order valence-corrected chi connectivity index (χ0v) is 31.0. The number of carbonyl (C=O) groups excluding carboxylic acids is 1. The molecule has 2 atom stereocenters. The number of rotatable bonds is 9. The molecule has 2 unspecified atom stereocenters. The molecule has 0 aliphatic carbocycles.